The van der Waals surface area contributed by atoms with Gasteiger partial charge in [-0.3, -0.25) is 9.69 Å². The molecule has 0 unspecified atom stereocenters. The maximum absolute atomic E-state index is 12.9. The number of carbonyl (C=O) groups excluding carboxylic acids is 1. The van der Waals surface area contributed by atoms with Gasteiger partial charge < -0.3 is 14.1 Å². The normalized spacial score (nSPS) is 15.0. The molecule has 2 heterocycles. The molecule has 0 saturated carbocycles. The van der Waals surface area contributed by atoms with E-state index in [9.17, 15) is 18.0 Å². The van der Waals surface area contributed by atoms with Crippen LogP contribution in [-0.4, -0.2) is 61.6 Å². The van der Waals surface area contributed by atoms with E-state index >= 15 is 0 Å². The number of carbonyl (C=O) groups is 1. The molecule has 1 aliphatic rings. The Labute approximate surface area is 172 Å². The first-order valence-corrected chi connectivity index (χ1v) is 9.62. The third kappa shape index (κ3) is 5.62. The highest BCUT2D eigenvalue weighted by atomic mass is 19.4. The zero-order valence-electron chi connectivity index (χ0n) is 16.3. The quantitative estimate of drug-likeness (QED) is 0.683. The summed E-state index contributed by atoms with van der Waals surface area (Å²) in [5, 5.41) is 8.90. The molecular weight excluding hydrogens is 399 g/mol. The van der Waals surface area contributed by atoms with Crippen LogP contribution in [0.15, 0.2) is 40.8 Å². The Morgan fingerprint density at radius 2 is 1.93 bits per heavy atom. The van der Waals surface area contributed by atoms with Crippen LogP contribution >= 0.6 is 0 Å². The molecule has 0 radical (unpaired) electrons. The molecule has 2 aromatic rings. The van der Waals surface area contributed by atoms with Crippen LogP contribution in [0.1, 0.15) is 22.5 Å². The third-order valence-electron chi connectivity index (χ3n) is 4.86. The minimum atomic E-state index is -4.46. The number of nitriles is 1. The Bertz CT molecular complexity index is 899. The Hall–Kier alpha value is -2.83. The highest BCUT2D eigenvalue weighted by Gasteiger charge is 2.30. The molecule has 160 valence electrons. The number of hydrogen-bond donors (Lipinski definition) is 0. The lowest BCUT2D eigenvalue weighted by atomic mass is 10.1. The SMILES string of the molecule is N#CCCN(CCN1CCOCC1)C(=O)c1ccc(-c2cccc(C(F)(F)F)c2)o1. The summed E-state index contributed by atoms with van der Waals surface area (Å²) in [7, 11) is 0. The second kappa shape index (κ2) is 9.78. The molecule has 0 aliphatic carbocycles. The van der Waals surface area contributed by atoms with Gasteiger partial charge in [-0.05, 0) is 24.3 Å². The van der Waals surface area contributed by atoms with E-state index in [4.69, 9.17) is 14.4 Å². The highest BCUT2D eigenvalue weighted by molar-refractivity contribution is 5.92. The van der Waals surface area contributed by atoms with Crippen molar-refractivity contribution in [3.05, 3.63) is 47.7 Å². The number of alkyl halides is 3. The first-order chi connectivity index (χ1) is 14.4. The summed E-state index contributed by atoms with van der Waals surface area (Å²) in [5.74, 6) is -0.183. The van der Waals surface area contributed by atoms with Crippen molar-refractivity contribution in [3.8, 4) is 17.4 Å². The molecule has 0 spiro atoms. The van der Waals surface area contributed by atoms with Gasteiger partial charge >= 0.3 is 6.18 Å². The first-order valence-electron chi connectivity index (χ1n) is 9.62. The lowest BCUT2D eigenvalue weighted by Crippen LogP contribution is -2.43. The molecule has 1 aliphatic heterocycles. The molecule has 0 bridgehead atoms. The van der Waals surface area contributed by atoms with E-state index in [1.165, 1.54) is 29.2 Å². The number of nitrogens with zero attached hydrogens (tertiary/aromatic N) is 3. The summed E-state index contributed by atoms with van der Waals surface area (Å²) < 4.78 is 49.7. The predicted molar refractivity (Wildman–Crippen MR) is 103 cm³/mol. The molecule has 0 atom stereocenters. The van der Waals surface area contributed by atoms with Crippen molar-refractivity contribution >= 4 is 5.91 Å². The maximum Gasteiger partial charge on any atom is 0.416 e. The molecular formula is C21H22F3N3O3. The second-order valence-electron chi connectivity index (χ2n) is 6.90. The summed E-state index contributed by atoms with van der Waals surface area (Å²) >= 11 is 0. The summed E-state index contributed by atoms with van der Waals surface area (Å²) in [6.45, 7) is 4.15. The van der Waals surface area contributed by atoms with E-state index in [1.54, 1.807) is 0 Å². The van der Waals surface area contributed by atoms with Crippen LogP contribution in [0.25, 0.3) is 11.3 Å². The van der Waals surface area contributed by atoms with Gasteiger partial charge in [0.25, 0.3) is 5.91 Å². The topological polar surface area (TPSA) is 69.7 Å². The van der Waals surface area contributed by atoms with Gasteiger partial charge in [0.15, 0.2) is 5.76 Å². The largest absolute Gasteiger partial charge is 0.451 e. The molecule has 1 aromatic heterocycles. The van der Waals surface area contributed by atoms with E-state index in [1.807, 2.05) is 6.07 Å². The van der Waals surface area contributed by atoms with Crippen molar-refractivity contribution < 1.29 is 27.1 Å². The molecule has 9 heteroatoms. The number of furan rings is 1. The molecule has 1 saturated heterocycles. The van der Waals surface area contributed by atoms with Gasteiger partial charge in [0, 0.05) is 38.3 Å². The smallest absolute Gasteiger partial charge is 0.416 e. The van der Waals surface area contributed by atoms with Crippen molar-refractivity contribution in [1.29, 1.82) is 5.26 Å². The van der Waals surface area contributed by atoms with Crippen LogP contribution in [0.4, 0.5) is 13.2 Å². The lowest BCUT2D eigenvalue weighted by molar-refractivity contribution is -0.137. The predicted octanol–water partition coefficient (Wildman–Crippen LogP) is 3.65. The molecule has 30 heavy (non-hydrogen) atoms. The molecule has 1 aromatic carbocycles. The third-order valence-corrected chi connectivity index (χ3v) is 4.86. The van der Waals surface area contributed by atoms with Crippen molar-refractivity contribution in [2.24, 2.45) is 0 Å². The Morgan fingerprint density at radius 3 is 2.63 bits per heavy atom. The summed E-state index contributed by atoms with van der Waals surface area (Å²) in [6, 6.07) is 9.71. The number of amides is 1. The van der Waals surface area contributed by atoms with E-state index in [0.717, 1.165) is 25.2 Å². The van der Waals surface area contributed by atoms with Crippen LogP contribution in [0.3, 0.4) is 0 Å². The average molecular weight is 421 g/mol. The Kier molecular flexibility index (Phi) is 7.13. The Morgan fingerprint density at radius 1 is 1.17 bits per heavy atom. The number of morpholine rings is 1. The van der Waals surface area contributed by atoms with Crippen molar-refractivity contribution in [3.63, 3.8) is 0 Å². The molecule has 3 rings (SSSR count). The fourth-order valence-electron chi connectivity index (χ4n) is 3.20. The highest BCUT2D eigenvalue weighted by Crippen LogP contribution is 2.32. The fraction of sp³-hybridized carbons (Fsp3) is 0.429. The summed E-state index contributed by atoms with van der Waals surface area (Å²) in [6.07, 6.45) is -4.29. The standard InChI is InChI=1S/C21H22F3N3O3/c22-21(23,24)17-4-1-3-16(15-17)18-5-6-19(30-18)20(28)27(8-2-7-25)10-9-26-11-13-29-14-12-26/h1,3-6,15H,2,8-14H2. The summed E-state index contributed by atoms with van der Waals surface area (Å²) in [5.41, 5.74) is -0.550. The van der Waals surface area contributed by atoms with Crippen molar-refractivity contribution in [2.75, 3.05) is 45.9 Å². The van der Waals surface area contributed by atoms with Crippen molar-refractivity contribution in [1.82, 2.24) is 9.80 Å². The second-order valence-corrected chi connectivity index (χ2v) is 6.90. The van der Waals surface area contributed by atoms with Gasteiger partial charge in [-0.1, -0.05) is 12.1 Å². The number of rotatable bonds is 7. The van der Waals surface area contributed by atoms with E-state index in [2.05, 4.69) is 4.90 Å². The molecule has 1 amide bonds. The monoisotopic (exact) mass is 421 g/mol. The van der Waals surface area contributed by atoms with Gasteiger partial charge in [-0.15, -0.1) is 0 Å². The van der Waals surface area contributed by atoms with E-state index < -0.39 is 17.6 Å². The molecule has 6 nitrogen and oxygen atoms in total. The zero-order chi connectivity index (χ0) is 21.6. The summed E-state index contributed by atoms with van der Waals surface area (Å²) in [4.78, 5) is 16.6. The molecule has 1 fully saturated rings. The number of hydrogen-bond acceptors (Lipinski definition) is 5. The van der Waals surface area contributed by atoms with Gasteiger partial charge in [0.05, 0.1) is 31.3 Å². The average Bonchev–Trinajstić information content (AvgIpc) is 3.24. The minimum absolute atomic E-state index is 0.0299. The number of benzene rings is 1. The fourth-order valence-corrected chi connectivity index (χ4v) is 3.20. The zero-order valence-corrected chi connectivity index (χ0v) is 16.3. The number of ether oxygens (including phenoxy) is 1. The lowest BCUT2D eigenvalue weighted by Gasteiger charge is -2.29. The van der Waals surface area contributed by atoms with E-state index in [-0.39, 0.29) is 30.0 Å². The van der Waals surface area contributed by atoms with Crippen LogP contribution in [0.5, 0.6) is 0 Å². The Balaban J connectivity index is 1.72. The van der Waals surface area contributed by atoms with Gasteiger partial charge in [0.2, 0.25) is 0 Å². The van der Waals surface area contributed by atoms with Crippen LogP contribution in [0, 0.1) is 11.3 Å². The maximum atomic E-state index is 12.9. The first kappa shape index (κ1) is 21.9. The van der Waals surface area contributed by atoms with Gasteiger partial charge in [-0.25, -0.2) is 0 Å². The van der Waals surface area contributed by atoms with Gasteiger partial charge in [0.1, 0.15) is 5.76 Å². The van der Waals surface area contributed by atoms with Crippen LogP contribution in [-0.2, 0) is 10.9 Å². The van der Waals surface area contributed by atoms with Gasteiger partial charge in [-0.2, -0.15) is 18.4 Å². The van der Waals surface area contributed by atoms with Crippen LogP contribution < -0.4 is 0 Å². The molecule has 0 N–H and O–H groups in total. The number of halogens is 3. The van der Waals surface area contributed by atoms with E-state index in [0.29, 0.717) is 26.3 Å². The van der Waals surface area contributed by atoms with Crippen LogP contribution in [0.2, 0.25) is 0 Å². The minimum Gasteiger partial charge on any atom is -0.451 e. The van der Waals surface area contributed by atoms with Crippen molar-refractivity contribution in [2.45, 2.75) is 12.6 Å².